The molecule has 0 atom stereocenters. The number of nitrogens with one attached hydrogen (secondary N) is 1. The van der Waals surface area contributed by atoms with Gasteiger partial charge in [-0.25, -0.2) is 0 Å². The third kappa shape index (κ3) is 5.34. The van der Waals surface area contributed by atoms with E-state index in [-0.39, 0.29) is 12.5 Å². The fourth-order valence-corrected chi connectivity index (χ4v) is 2.29. The number of nitrogens with two attached hydrogens (primary N) is 1. The van der Waals surface area contributed by atoms with Crippen molar-refractivity contribution in [2.45, 2.75) is 0 Å². The molecule has 6 nitrogen and oxygen atoms in total. The molecule has 0 saturated carbocycles. The summed E-state index contributed by atoms with van der Waals surface area (Å²) >= 11 is 0. The summed E-state index contributed by atoms with van der Waals surface area (Å²) in [6.07, 6.45) is 0. The number of carbonyl (C=O) groups excluding carboxylic acids is 2. The zero-order valence-corrected chi connectivity index (χ0v) is 14.4. The maximum absolute atomic E-state index is 12.3. The van der Waals surface area contributed by atoms with Gasteiger partial charge in [0.2, 0.25) is 0 Å². The monoisotopic (exact) mass is 362 g/mol. The molecule has 3 rings (SSSR count). The lowest BCUT2D eigenvalue weighted by Gasteiger charge is -2.09. The number of hydrogen-bond acceptors (Lipinski definition) is 4. The van der Waals surface area contributed by atoms with Crippen LogP contribution in [-0.4, -0.2) is 18.4 Å². The molecule has 0 aliphatic heterocycles. The van der Waals surface area contributed by atoms with Crippen molar-refractivity contribution in [3.63, 3.8) is 0 Å². The van der Waals surface area contributed by atoms with Crippen LogP contribution in [0.3, 0.4) is 0 Å². The minimum absolute atomic E-state index is 0.191. The van der Waals surface area contributed by atoms with Gasteiger partial charge in [0.1, 0.15) is 17.2 Å². The van der Waals surface area contributed by atoms with Crippen LogP contribution >= 0.6 is 0 Å². The molecule has 0 spiro atoms. The lowest BCUT2D eigenvalue weighted by Crippen LogP contribution is -2.20. The zero-order valence-electron chi connectivity index (χ0n) is 14.4. The topological polar surface area (TPSA) is 90.7 Å². The number of primary amides is 1. The first kappa shape index (κ1) is 18.0. The van der Waals surface area contributed by atoms with Crippen LogP contribution in [0.2, 0.25) is 0 Å². The fourth-order valence-electron chi connectivity index (χ4n) is 2.29. The first-order valence-electron chi connectivity index (χ1n) is 8.25. The second-order valence-electron chi connectivity index (χ2n) is 5.67. The molecule has 136 valence electrons. The standard InChI is InChI=1S/C21H18N2O4/c22-20(24)14-26-17-12-8-16(9-13-17)23-21(25)15-6-10-19(11-7-15)27-18-4-2-1-3-5-18/h1-13H,14H2,(H2,22,24)(H,23,25). The van der Waals surface area contributed by atoms with Crippen molar-refractivity contribution in [1.82, 2.24) is 0 Å². The predicted octanol–water partition coefficient (Wildman–Crippen LogP) is 3.60. The van der Waals surface area contributed by atoms with Crippen LogP contribution in [-0.2, 0) is 4.79 Å². The first-order valence-corrected chi connectivity index (χ1v) is 8.25. The molecule has 0 aromatic heterocycles. The Kier molecular flexibility index (Phi) is 5.69. The zero-order chi connectivity index (χ0) is 19.1. The summed E-state index contributed by atoms with van der Waals surface area (Å²) in [5.74, 6) is 1.08. The minimum Gasteiger partial charge on any atom is -0.484 e. The van der Waals surface area contributed by atoms with Crippen LogP contribution in [0.4, 0.5) is 5.69 Å². The normalized spacial score (nSPS) is 10.1. The molecule has 0 fully saturated rings. The van der Waals surface area contributed by atoms with Crippen molar-refractivity contribution < 1.29 is 19.1 Å². The summed E-state index contributed by atoms with van der Waals surface area (Å²) in [6.45, 7) is -0.191. The van der Waals surface area contributed by atoms with Crippen molar-refractivity contribution in [3.8, 4) is 17.2 Å². The molecule has 0 aliphatic carbocycles. The molecular weight excluding hydrogens is 344 g/mol. The Morgan fingerprint density at radius 2 is 1.37 bits per heavy atom. The average molecular weight is 362 g/mol. The highest BCUT2D eigenvalue weighted by atomic mass is 16.5. The van der Waals surface area contributed by atoms with Gasteiger partial charge >= 0.3 is 0 Å². The van der Waals surface area contributed by atoms with E-state index in [4.69, 9.17) is 15.2 Å². The Morgan fingerprint density at radius 3 is 2.00 bits per heavy atom. The number of amides is 2. The Labute approximate surface area is 156 Å². The van der Waals surface area contributed by atoms with Gasteiger partial charge in [-0.2, -0.15) is 0 Å². The van der Waals surface area contributed by atoms with Gasteiger partial charge in [-0.15, -0.1) is 0 Å². The van der Waals surface area contributed by atoms with Gasteiger partial charge in [-0.3, -0.25) is 9.59 Å². The maximum Gasteiger partial charge on any atom is 0.255 e. The quantitative estimate of drug-likeness (QED) is 0.672. The Hall–Kier alpha value is -3.80. The van der Waals surface area contributed by atoms with E-state index < -0.39 is 5.91 Å². The molecule has 0 bridgehead atoms. The number of ether oxygens (including phenoxy) is 2. The molecule has 0 saturated heterocycles. The molecule has 27 heavy (non-hydrogen) atoms. The molecule has 3 N–H and O–H groups in total. The highest BCUT2D eigenvalue weighted by molar-refractivity contribution is 6.04. The largest absolute Gasteiger partial charge is 0.484 e. The molecule has 0 aliphatic rings. The van der Waals surface area contributed by atoms with Crippen molar-refractivity contribution >= 4 is 17.5 Å². The molecule has 2 amide bonds. The number of rotatable bonds is 7. The Morgan fingerprint density at radius 1 is 0.778 bits per heavy atom. The number of para-hydroxylation sites is 1. The Balaban J connectivity index is 1.58. The van der Waals surface area contributed by atoms with E-state index in [1.807, 2.05) is 30.3 Å². The smallest absolute Gasteiger partial charge is 0.255 e. The van der Waals surface area contributed by atoms with Crippen LogP contribution in [0.5, 0.6) is 17.2 Å². The highest BCUT2D eigenvalue weighted by Crippen LogP contribution is 2.22. The molecule has 0 unspecified atom stereocenters. The summed E-state index contributed by atoms with van der Waals surface area (Å²) in [7, 11) is 0. The number of carbonyl (C=O) groups is 2. The van der Waals surface area contributed by atoms with E-state index in [1.165, 1.54) is 0 Å². The summed E-state index contributed by atoms with van der Waals surface area (Å²) in [5, 5.41) is 2.79. The molecule has 6 heteroatoms. The van der Waals surface area contributed by atoms with Crippen LogP contribution in [0, 0.1) is 0 Å². The maximum atomic E-state index is 12.3. The van der Waals surface area contributed by atoms with Gasteiger partial charge in [0.15, 0.2) is 6.61 Å². The van der Waals surface area contributed by atoms with Crippen LogP contribution in [0.15, 0.2) is 78.9 Å². The van der Waals surface area contributed by atoms with Crippen molar-refractivity contribution in [2.75, 3.05) is 11.9 Å². The molecule has 0 heterocycles. The van der Waals surface area contributed by atoms with Crippen molar-refractivity contribution in [2.24, 2.45) is 5.73 Å². The Bertz CT molecular complexity index is 907. The summed E-state index contributed by atoms with van der Waals surface area (Å²) in [5.41, 5.74) is 6.14. The van der Waals surface area contributed by atoms with Crippen LogP contribution < -0.4 is 20.5 Å². The lowest BCUT2D eigenvalue weighted by atomic mass is 10.2. The van der Waals surface area contributed by atoms with Crippen LogP contribution in [0.25, 0.3) is 0 Å². The van der Waals surface area contributed by atoms with E-state index in [0.29, 0.717) is 22.7 Å². The SMILES string of the molecule is NC(=O)COc1ccc(NC(=O)c2ccc(Oc3ccccc3)cc2)cc1. The van der Waals surface area contributed by atoms with Gasteiger partial charge < -0.3 is 20.5 Å². The predicted molar refractivity (Wildman–Crippen MR) is 102 cm³/mol. The van der Waals surface area contributed by atoms with Gasteiger partial charge in [-0.1, -0.05) is 18.2 Å². The van der Waals surface area contributed by atoms with E-state index in [1.54, 1.807) is 48.5 Å². The lowest BCUT2D eigenvalue weighted by molar-refractivity contribution is -0.119. The van der Waals surface area contributed by atoms with E-state index in [2.05, 4.69) is 5.32 Å². The second-order valence-corrected chi connectivity index (χ2v) is 5.67. The van der Waals surface area contributed by atoms with E-state index in [9.17, 15) is 9.59 Å². The third-order valence-corrected chi connectivity index (χ3v) is 3.59. The first-order chi connectivity index (χ1) is 13.1. The van der Waals surface area contributed by atoms with E-state index >= 15 is 0 Å². The average Bonchev–Trinajstić information content (AvgIpc) is 2.69. The number of anilines is 1. The van der Waals surface area contributed by atoms with Gasteiger partial charge in [0.05, 0.1) is 0 Å². The molecule has 3 aromatic carbocycles. The van der Waals surface area contributed by atoms with Gasteiger partial charge in [-0.05, 0) is 60.7 Å². The van der Waals surface area contributed by atoms with Crippen molar-refractivity contribution in [3.05, 3.63) is 84.4 Å². The molecular formula is C21H18N2O4. The van der Waals surface area contributed by atoms with Crippen molar-refractivity contribution in [1.29, 1.82) is 0 Å². The molecule has 3 aromatic rings. The number of hydrogen-bond donors (Lipinski definition) is 2. The third-order valence-electron chi connectivity index (χ3n) is 3.59. The van der Waals surface area contributed by atoms with E-state index in [0.717, 1.165) is 5.75 Å². The minimum atomic E-state index is -0.549. The van der Waals surface area contributed by atoms with Crippen LogP contribution in [0.1, 0.15) is 10.4 Å². The molecule has 0 radical (unpaired) electrons. The number of benzene rings is 3. The van der Waals surface area contributed by atoms with Gasteiger partial charge in [0, 0.05) is 11.3 Å². The summed E-state index contributed by atoms with van der Waals surface area (Å²) in [4.78, 5) is 23.0. The second kappa shape index (κ2) is 8.53. The highest BCUT2D eigenvalue weighted by Gasteiger charge is 2.07. The summed E-state index contributed by atoms with van der Waals surface area (Å²) in [6, 6.07) is 22.9. The summed E-state index contributed by atoms with van der Waals surface area (Å²) < 4.78 is 10.9. The van der Waals surface area contributed by atoms with Gasteiger partial charge in [0.25, 0.3) is 11.8 Å². The fraction of sp³-hybridized carbons (Fsp3) is 0.0476.